The summed E-state index contributed by atoms with van der Waals surface area (Å²) in [6.45, 7) is 5.74. The first-order valence-corrected chi connectivity index (χ1v) is 12.2. The maximum atomic E-state index is 13.1. The van der Waals surface area contributed by atoms with Crippen molar-refractivity contribution in [3.8, 4) is 23.3 Å². The number of alkyl halides is 2. The number of benzene rings is 1. The Morgan fingerprint density at radius 1 is 1.08 bits per heavy atom. The number of ether oxygens (including phenoxy) is 2. The molecular weight excluding hydrogens is 492 g/mol. The Balaban J connectivity index is 1.56. The van der Waals surface area contributed by atoms with Crippen molar-refractivity contribution in [1.29, 1.82) is 5.26 Å². The molecule has 0 radical (unpaired) electrons. The first-order chi connectivity index (χ1) is 18.0. The van der Waals surface area contributed by atoms with Gasteiger partial charge in [0.1, 0.15) is 23.2 Å². The number of nitrogens with one attached hydrogen (secondary N) is 2. The third-order valence-electron chi connectivity index (χ3n) is 6.85. The second kappa shape index (κ2) is 10.8. The Bertz CT molecular complexity index is 1290. The summed E-state index contributed by atoms with van der Waals surface area (Å²) >= 11 is 0. The van der Waals surface area contributed by atoms with E-state index in [1.807, 2.05) is 0 Å². The van der Waals surface area contributed by atoms with Gasteiger partial charge in [0.05, 0.1) is 6.20 Å². The van der Waals surface area contributed by atoms with Crippen LogP contribution in [0.5, 0.6) is 17.2 Å². The Morgan fingerprint density at radius 2 is 1.76 bits per heavy atom. The summed E-state index contributed by atoms with van der Waals surface area (Å²) in [5, 5.41) is 16.1. The number of halogens is 2. The van der Waals surface area contributed by atoms with Gasteiger partial charge in [0.2, 0.25) is 5.95 Å². The zero-order valence-electron chi connectivity index (χ0n) is 22.0. The van der Waals surface area contributed by atoms with E-state index in [2.05, 4.69) is 71.3 Å². The third kappa shape index (κ3) is 6.26. The number of nitriles is 1. The van der Waals surface area contributed by atoms with Crippen molar-refractivity contribution >= 4 is 17.5 Å². The quantitative estimate of drug-likeness (QED) is 0.371. The summed E-state index contributed by atoms with van der Waals surface area (Å²) in [5.74, 6) is 0.977. The van der Waals surface area contributed by atoms with Gasteiger partial charge in [0.15, 0.2) is 11.5 Å². The van der Waals surface area contributed by atoms with Crippen molar-refractivity contribution in [2.24, 2.45) is 0 Å². The Kier molecular flexibility index (Phi) is 7.64. The number of hydrogen-bond donors (Lipinski definition) is 2. The smallest absolute Gasteiger partial charge is 0.387 e. The second-order valence-corrected chi connectivity index (χ2v) is 10.5. The molecule has 0 atom stereocenters. The van der Waals surface area contributed by atoms with Crippen LogP contribution in [-0.4, -0.2) is 50.6 Å². The molecule has 38 heavy (non-hydrogen) atoms. The summed E-state index contributed by atoms with van der Waals surface area (Å²) in [5.41, 5.74) is 0.607. The molecule has 0 bridgehead atoms. The monoisotopic (exact) mass is 523 g/mol. The van der Waals surface area contributed by atoms with Gasteiger partial charge in [-0.15, -0.1) is 0 Å². The lowest BCUT2D eigenvalue weighted by Crippen LogP contribution is -2.61. The van der Waals surface area contributed by atoms with E-state index in [0.717, 1.165) is 12.8 Å². The van der Waals surface area contributed by atoms with Crippen molar-refractivity contribution in [3.63, 3.8) is 0 Å². The number of hydrogen-bond acceptors (Lipinski definition) is 9. The van der Waals surface area contributed by atoms with Crippen LogP contribution in [0.3, 0.4) is 0 Å². The second-order valence-electron chi connectivity index (χ2n) is 10.5. The molecule has 1 aliphatic rings. The largest absolute Gasteiger partial charge is 0.453 e. The number of anilines is 3. The van der Waals surface area contributed by atoms with E-state index >= 15 is 0 Å². The normalized spacial score (nSPS) is 17.0. The Hall–Kier alpha value is -4.04. The minimum atomic E-state index is -3.05. The first-order valence-electron chi connectivity index (χ1n) is 12.2. The fourth-order valence-electron chi connectivity index (χ4n) is 4.82. The highest BCUT2D eigenvalue weighted by molar-refractivity contribution is 5.62. The predicted octanol–water partition coefficient (Wildman–Crippen LogP) is 5.94. The summed E-state index contributed by atoms with van der Waals surface area (Å²) in [6, 6.07) is 9.94. The SMILES string of the molecule is CN1C(C)(C)CC(Nc2nc(Nc3ccc(Oc4ccncc4)c(OC(F)F)c3)ncc2C#N)CC1(C)C. The van der Waals surface area contributed by atoms with E-state index in [4.69, 9.17) is 9.47 Å². The van der Waals surface area contributed by atoms with Crippen molar-refractivity contribution in [3.05, 3.63) is 54.5 Å². The van der Waals surface area contributed by atoms with E-state index in [-0.39, 0.29) is 34.6 Å². The number of rotatable bonds is 8. The van der Waals surface area contributed by atoms with Crippen LogP contribution in [0.15, 0.2) is 48.9 Å². The molecule has 2 aromatic heterocycles. The Labute approximate surface area is 220 Å². The molecule has 9 nitrogen and oxygen atoms in total. The molecule has 0 spiro atoms. The highest BCUT2D eigenvalue weighted by atomic mass is 19.3. The van der Waals surface area contributed by atoms with Crippen LogP contribution in [0.1, 0.15) is 46.1 Å². The molecule has 200 valence electrons. The van der Waals surface area contributed by atoms with Crippen LogP contribution < -0.4 is 20.1 Å². The Morgan fingerprint density at radius 3 is 2.39 bits per heavy atom. The fourth-order valence-corrected chi connectivity index (χ4v) is 4.82. The summed E-state index contributed by atoms with van der Waals surface area (Å²) < 4.78 is 36.6. The molecule has 3 aromatic rings. The molecule has 1 aromatic carbocycles. The van der Waals surface area contributed by atoms with Gasteiger partial charge in [-0.2, -0.15) is 19.0 Å². The summed E-state index contributed by atoms with van der Waals surface area (Å²) in [4.78, 5) is 15.0. The van der Waals surface area contributed by atoms with E-state index in [9.17, 15) is 14.0 Å². The van der Waals surface area contributed by atoms with Gasteiger partial charge >= 0.3 is 6.61 Å². The van der Waals surface area contributed by atoms with Gasteiger partial charge in [0.25, 0.3) is 0 Å². The zero-order chi connectivity index (χ0) is 27.5. The van der Waals surface area contributed by atoms with Gasteiger partial charge in [-0.1, -0.05) is 0 Å². The maximum Gasteiger partial charge on any atom is 0.387 e. The number of aromatic nitrogens is 3. The third-order valence-corrected chi connectivity index (χ3v) is 6.85. The molecule has 3 heterocycles. The topological polar surface area (TPSA) is 108 Å². The van der Waals surface area contributed by atoms with Crippen molar-refractivity contribution in [2.75, 3.05) is 17.7 Å². The molecule has 4 rings (SSSR count). The highest BCUT2D eigenvalue weighted by Gasteiger charge is 2.43. The molecule has 0 saturated carbocycles. The first kappa shape index (κ1) is 27.0. The van der Waals surface area contributed by atoms with Crippen molar-refractivity contribution in [2.45, 2.75) is 64.3 Å². The van der Waals surface area contributed by atoms with Gasteiger partial charge in [-0.05, 0) is 71.8 Å². The number of pyridine rings is 1. The number of nitrogens with zero attached hydrogens (tertiary/aromatic N) is 5. The van der Waals surface area contributed by atoms with E-state index < -0.39 is 6.61 Å². The maximum absolute atomic E-state index is 13.1. The van der Waals surface area contributed by atoms with Gasteiger partial charge in [-0.3, -0.25) is 9.88 Å². The predicted molar refractivity (Wildman–Crippen MR) is 140 cm³/mol. The van der Waals surface area contributed by atoms with Gasteiger partial charge in [0, 0.05) is 41.3 Å². The van der Waals surface area contributed by atoms with E-state index in [1.165, 1.54) is 30.7 Å². The van der Waals surface area contributed by atoms with Crippen LogP contribution >= 0.6 is 0 Å². The fraction of sp³-hybridized carbons (Fsp3) is 0.407. The molecule has 1 saturated heterocycles. The van der Waals surface area contributed by atoms with Crippen LogP contribution in [0.4, 0.5) is 26.2 Å². The zero-order valence-corrected chi connectivity index (χ0v) is 22.0. The lowest BCUT2D eigenvalue weighted by molar-refractivity contribution is -0.0509. The molecule has 0 aliphatic carbocycles. The standard InChI is InChI=1S/C27H31F2N7O2/c1-26(2)13-19(14-27(3,4)36(26)5)33-23-17(15-30)16-32-25(35-23)34-18-6-7-21(22(12-18)38-24(28)29)37-20-8-10-31-11-9-20/h6-12,16,19,24H,13-14H2,1-5H3,(H2,32,33,34,35). The molecule has 1 aliphatic heterocycles. The van der Waals surface area contributed by atoms with Crippen molar-refractivity contribution in [1.82, 2.24) is 19.9 Å². The minimum absolute atomic E-state index is 0.0541. The van der Waals surface area contributed by atoms with E-state index in [0.29, 0.717) is 22.8 Å². The average molecular weight is 524 g/mol. The van der Waals surface area contributed by atoms with Crippen LogP contribution in [0, 0.1) is 11.3 Å². The van der Waals surface area contributed by atoms with E-state index in [1.54, 1.807) is 18.2 Å². The molecule has 11 heteroatoms. The van der Waals surface area contributed by atoms with Gasteiger partial charge < -0.3 is 20.1 Å². The number of likely N-dealkylation sites (tertiary alicyclic amines) is 1. The van der Waals surface area contributed by atoms with Crippen LogP contribution in [0.2, 0.25) is 0 Å². The molecule has 2 N–H and O–H groups in total. The lowest BCUT2D eigenvalue weighted by Gasteiger charge is -2.53. The summed E-state index contributed by atoms with van der Waals surface area (Å²) in [7, 11) is 2.13. The molecule has 1 fully saturated rings. The van der Waals surface area contributed by atoms with Gasteiger partial charge in [-0.25, -0.2) is 4.98 Å². The summed E-state index contributed by atoms with van der Waals surface area (Å²) in [6.07, 6.45) is 6.21. The molecule has 0 amide bonds. The lowest BCUT2D eigenvalue weighted by atomic mass is 9.77. The highest BCUT2D eigenvalue weighted by Crippen LogP contribution is 2.39. The average Bonchev–Trinajstić information content (AvgIpc) is 2.84. The van der Waals surface area contributed by atoms with Crippen LogP contribution in [-0.2, 0) is 0 Å². The van der Waals surface area contributed by atoms with Crippen LogP contribution in [0.25, 0.3) is 0 Å². The molecular formula is C27H31F2N7O2. The van der Waals surface area contributed by atoms with Crippen molar-refractivity contribution < 1.29 is 18.3 Å². The molecule has 0 unspecified atom stereocenters. The minimum Gasteiger partial charge on any atom is -0.453 e. The number of piperidine rings is 1.